The van der Waals surface area contributed by atoms with Gasteiger partial charge in [0, 0.05) is 16.7 Å². The number of rotatable bonds is 2. The maximum absolute atomic E-state index is 12.4. The summed E-state index contributed by atoms with van der Waals surface area (Å²) < 4.78 is 0. The summed E-state index contributed by atoms with van der Waals surface area (Å²) in [6, 6.07) is 10.6. The highest BCUT2D eigenvalue weighted by Gasteiger charge is 2.32. The third kappa shape index (κ3) is 1.66. The van der Waals surface area contributed by atoms with Crippen LogP contribution in [-0.4, -0.2) is 16.7 Å². The van der Waals surface area contributed by atoms with Gasteiger partial charge in [0.25, 0.3) is 5.09 Å². The number of ketones is 2. The predicted octanol–water partition coefficient (Wildman–Crippen LogP) is 2.03. The second-order valence-electron chi connectivity index (χ2n) is 4.20. The van der Waals surface area contributed by atoms with Gasteiger partial charge in [-0.25, -0.2) is 0 Å². The maximum Gasteiger partial charge on any atom is 0.299 e. The Kier molecular flexibility index (Phi) is 2.57. The highest BCUT2D eigenvalue weighted by molar-refractivity contribution is 6.29. The van der Waals surface area contributed by atoms with Crippen LogP contribution >= 0.6 is 0 Å². The molecule has 6 nitrogen and oxygen atoms in total. The van der Waals surface area contributed by atoms with Crippen LogP contribution in [-0.2, 0) is 0 Å². The van der Waals surface area contributed by atoms with Crippen LogP contribution < -0.4 is 4.84 Å². The lowest BCUT2D eigenvalue weighted by atomic mass is 9.84. The Morgan fingerprint density at radius 3 is 2.10 bits per heavy atom. The number of benzene rings is 2. The Labute approximate surface area is 112 Å². The minimum Gasteiger partial charge on any atom is -0.289 e. The Bertz CT molecular complexity index is 766. The molecule has 0 unspecified atom stereocenters. The molecule has 0 bridgehead atoms. The second kappa shape index (κ2) is 4.27. The molecule has 0 saturated heterocycles. The van der Waals surface area contributed by atoms with E-state index in [9.17, 15) is 19.7 Å². The summed E-state index contributed by atoms with van der Waals surface area (Å²) in [5, 5.41) is 9.47. The molecule has 0 atom stereocenters. The number of nitrogens with zero attached hydrogens (tertiary/aromatic N) is 1. The summed E-state index contributed by atoms with van der Waals surface area (Å²) in [4.78, 5) is 39.6. The van der Waals surface area contributed by atoms with Crippen LogP contribution in [0.15, 0.2) is 42.5 Å². The SMILES string of the molecule is O=C1c2ccccc2C(=O)c2c(O[N+](=O)[O-])cccc21. The van der Waals surface area contributed by atoms with E-state index in [1.165, 1.54) is 24.3 Å². The first-order valence-electron chi connectivity index (χ1n) is 5.73. The molecule has 2 aromatic carbocycles. The zero-order valence-corrected chi connectivity index (χ0v) is 10.0. The zero-order chi connectivity index (χ0) is 14.3. The molecule has 0 fully saturated rings. The molecule has 2 aromatic rings. The number of fused-ring (bicyclic) bond motifs is 2. The Balaban J connectivity index is 2.25. The number of hydrogen-bond donors (Lipinski definition) is 0. The van der Waals surface area contributed by atoms with Crippen LogP contribution in [0, 0.1) is 10.1 Å². The van der Waals surface area contributed by atoms with Crippen LogP contribution in [0.3, 0.4) is 0 Å². The van der Waals surface area contributed by atoms with Crippen LogP contribution in [0.2, 0.25) is 0 Å². The topological polar surface area (TPSA) is 86.5 Å². The maximum atomic E-state index is 12.4. The van der Waals surface area contributed by atoms with Crippen LogP contribution in [0.1, 0.15) is 31.8 Å². The lowest BCUT2D eigenvalue weighted by Crippen LogP contribution is -2.22. The first-order chi connectivity index (χ1) is 9.59. The molecule has 0 spiro atoms. The third-order valence-electron chi connectivity index (χ3n) is 3.09. The molecular weight excluding hydrogens is 262 g/mol. The zero-order valence-electron chi connectivity index (χ0n) is 10.0. The van der Waals surface area contributed by atoms with Gasteiger partial charge in [-0.3, -0.25) is 14.4 Å². The fraction of sp³-hybridized carbons (Fsp3) is 0. The van der Waals surface area contributed by atoms with Crippen molar-refractivity contribution in [3.63, 3.8) is 0 Å². The van der Waals surface area contributed by atoms with E-state index in [2.05, 4.69) is 4.84 Å². The molecule has 1 aliphatic carbocycles. The first kappa shape index (κ1) is 12.0. The summed E-state index contributed by atoms with van der Waals surface area (Å²) in [7, 11) is 0. The standard InChI is InChI=1S/C14H7NO5/c16-13-8-4-1-2-5-9(8)14(17)12-10(13)6-3-7-11(12)20-15(18)19/h1-7H. The predicted molar refractivity (Wildman–Crippen MR) is 67.4 cm³/mol. The van der Waals surface area contributed by atoms with Gasteiger partial charge in [0.2, 0.25) is 0 Å². The van der Waals surface area contributed by atoms with Crippen molar-refractivity contribution in [1.82, 2.24) is 0 Å². The van der Waals surface area contributed by atoms with Gasteiger partial charge in [-0.15, -0.1) is 10.1 Å². The van der Waals surface area contributed by atoms with Crippen molar-refractivity contribution in [3.8, 4) is 5.75 Å². The lowest BCUT2D eigenvalue weighted by Gasteiger charge is -2.18. The Morgan fingerprint density at radius 1 is 0.850 bits per heavy atom. The number of carbonyl (C=O) groups is 2. The molecule has 0 radical (unpaired) electrons. The molecular formula is C14H7NO5. The molecule has 0 saturated carbocycles. The van der Waals surface area contributed by atoms with E-state index in [-0.39, 0.29) is 28.2 Å². The van der Waals surface area contributed by atoms with Gasteiger partial charge in [-0.05, 0) is 6.07 Å². The van der Waals surface area contributed by atoms with E-state index >= 15 is 0 Å². The molecule has 3 rings (SSSR count). The summed E-state index contributed by atoms with van der Waals surface area (Å²) in [5.74, 6) is -1.02. The largest absolute Gasteiger partial charge is 0.299 e. The van der Waals surface area contributed by atoms with Crippen LogP contribution in [0.5, 0.6) is 5.75 Å². The smallest absolute Gasteiger partial charge is 0.289 e. The summed E-state index contributed by atoms with van der Waals surface area (Å²) >= 11 is 0. The van der Waals surface area contributed by atoms with Crippen molar-refractivity contribution in [1.29, 1.82) is 0 Å². The van der Waals surface area contributed by atoms with E-state index in [0.717, 1.165) is 0 Å². The Morgan fingerprint density at radius 2 is 1.45 bits per heavy atom. The van der Waals surface area contributed by atoms with E-state index in [1.54, 1.807) is 18.2 Å². The highest BCUT2D eigenvalue weighted by Crippen LogP contribution is 2.33. The van der Waals surface area contributed by atoms with Crippen molar-refractivity contribution in [2.75, 3.05) is 0 Å². The average Bonchev–Trinajstić information content (AvgIpc) is 2.44. The van der Waals surface area contributed by atoms with Crippen LogP contribution in [0.25, 0.3) is 0 Å². The molecule has 98 valence electrons. The van der Waals surface area contributed by atoms with Gasteiger partial charge in [-0.1, -0.05) is 36.4 Å². The lowest BCUT2D eigenvalue weighted by molar-refractivity contribution is -0.711. The van der Waals surface area contributed by atoms with Gasteiger partial charge < -0.3 is 0 Å². The van der Waals surface area contributed by atoms with Crippen molar-refractivity contribution in [2.45, 2.75) is 0 Å². The molecule has 6 heteroatoms. The van der Waals surface area contributed by atoms with Crippen molar-refractivity contribution in [2.24, 2.45) is 0 Å². The van der Waals surface area contributed by atoms with Crippen molar-refractivity contribution < 1.29 is 19.5 Å². The van der Waals surface area contributed by atoms with E-state index in [4.69, 9.17) is 0 Å². The molecule has 0 amide bonds. The van der Waals surface area contributed by atoms with Gasteiger partial charge in [-0.2, -0.15) is 0 Å². The summed E-state index contributed by atoms with van der Waals surface area (Å²) in [6.07, 6.45) is 0. The molecule has 1 aliphatic rings. The molecule has 0 aliphatic heterocycles. The third-order valence-corrected chi connectivity index (χ3v) is 3.09. The van der Waals surface area contributed by atoms with E-state index in [1.807, 2.05) is 0 Å². The van der Waals surface area contributed by atoms with Crippen molar-refractivity contribution >= 4 is 11.6 Å². The minimum absolute atomic E-state index is 0.0621. The normalized spacial score (nSPS) is 12.6. The van der Waals surface area contributed by atoms with Gasteiger partial charge in [0.1, 0.15) is 5.75 Å². The average molecular weight is 269 g/mol. The minimum atomic E-state index is -1.01. The van der Waals surface area contributed by atoms with Gasteiger partial charge in [0.15, 0.2) is 11.6 Å². The van der Waals surface area contributed by atoms with E-state index in [0.29, 0.717) is 5.56 Å². The van der Waals surface area contributed by atoms with Gasteiger partial charge in [0.05, 0.1) is 5.56 Å². The van der Waals surface area contributed by atoms with E-state index < -0.39 is 10.9 Å². The molecule has 0 aromatic heterocycles. The quantitative estimate of drug-likeness (QED) is 0.524. The van der Waals surface area contributed by atoms with Crippen molar-refractivity contribution in [3.05, 3.63) is 74.8 Å². The molecule has 20 heavy (non-hydrogen) atoms. The fourth-order valence-corrected chi connectivity index (χ4v) is 2.27. The highest BCUT2D eigenvalue weighted by atomic mass is 17.0. The number of hydrogen-bond acceptors (Lipinski definition) is 5. The monoisotopic (exact) mass is 269 g/mol. The summed E-state index contributed by atoms with van der Waals surface area (Å²) in [6.45, 7) is 0. The molecule has 0 heterocycles. The number of carbonyl (C=O) groups excluding carboxylic acids is 2. The van der Waals surface area contributed by atoms with Gasteiger partial charge >= 0.3 is 0 Å². The molecule has 0 N–H and O–H groups in total. The second-order valence-corrected chi connectivity index (χ2v) is 4.20. The first-order valence-corrected chi connectivity index (χ1v) is 5.73. The van der Waals surface area contributed by atoms with Crippen LogP contribution in [0.4, 0.5) is 0 Å². The summed E-state index contributed by atoms with van der Waals surface area (Å²) in [5.41, 5.74) is 0.577. The fourth-order valence-electron chi connectivity index (χ4n) is 2.27. The Hall–Kier alpha value is -3.02.